The van der Waals surface area contributed by atoms with Gasteiger partial charge in [-0.05, 0) is 25.5 Å². The maximum absolute atomic E-state index is 4.13. The number of benzene rings is 1. The lowest BCUT2D eigenvalue weighted by molar-refractivity contribution is 0.438. The molecule has 0 amide bonds. The van der Waals surface area contributed by atoms with Crippen LogP contribution in [0.25, 0.3) is 11.8 Å². The molecule has 1 heterocycles. The fourth-order valence-electron chi connectivity index (χ4n) is 1.78. The van der Waals surface area contributed by atoms with Gasteiger partial charge in [0.25, 0.3) is 0 Å². The minimum Gasteiger partial charge on any atom is -0.345 e. The van der Waals surface area contributed by atoms with E-state index in [1.807, 2.05) is 0 Å². The molecule has 0 saturated heterocycles. The first-order valence-electron chi connectivity index (χ1n) is 4.95. The maximum Gasteiger partial charge on any atom is 0.0415 e. The van der Waals surface area contributed by atoms with Gasteiger partial charge in [0, 0.05) is 23.5 Å². The SMILES string of the molecule is C.C=C1c2ccccc2C=CN1C(C)C. The molecule has 0 fully saturated rings. The molecule has 0 spiro atoms. The first kappa shape index (κ1) is 11.6. The van der Waals surface area contributed by atoms with Crippen LogP contribution in [-0.2, 0) is 0 Å². The minimum absolute atomic E-state index is 0. The van der Waals surface area contributed by atoms with Crippen molar-refractivity contribution in [2.75, 3.05) is 0 Å². The molecule has 0 N–H and O–H groups in total. The molecule has 15 heavy (non-hydrogen) atoms. The van der Waals surface area contributed by atoms with Crippen LogP contribution < -0.4 is 0 Å². The van der Waals surface area contributed by atoms with Crippen molar-refractivity contribution in [2.24, 2.45) is 0 Å². The average Bonchev–Trinajstić information content (AvgIpc) is 2.18. The molecule has 2 rings (SSSR count). The molecule has 1 heteroatoms. The van der Waals surface area contributed by atoms with Crippen LogP contribution >= 0.6 is 0 Å². The molecule has 0 atom stereocenters. The highest BCUT2D eigenvalue weighted by molar-refractivity contribution is 5.76. The smallest absolute Gasteiger partial charge is 0.0415 e. The van der Waals surface area contributed by atoms with Crippen LogP contribution in [0.15, 0.2) is 37.0 Å². The van der Waals surface area contributed by atoms with Crippen molar-refractivity contribution in [2.45, 2.75) is 27.3 Å². The Labute approximate surface area is 92.7 Å². The number of hydrogen-bond acceptors (Lipinski definition) is 1. The van der Waals surface area contributed by atoms with Crippen LogP contribution in [0, 0.1) is 0 Å². The summed E-state index contributed by atoms with van der Waals surface area (Å²) in [5.41, 5.74) is 3.59. The highest BCUT2D eigenvalue weighted by Crippen LogP contribution is 2.28. The lowest BCUT2D eigenvalue weighted by Gasteiger charge is -2.31. The Morgan fingerprint density at radius 3 is 2.53 bits per heavy atom. The Morgan fingerprint density at radius 1 is 1.20 bits per heavy atom. The third kappa shape index (κ3) is 1.96. The van der Waals surface area contributed by atoms with Crippen molar-refractivity contribution in [3.63, 3.8) is 0 Å². The van der Waals surface area contributed by atoms with Gasteiger partial charge < -0.3 is 4.90 Å². The summed E-state index contributed by atoms with van der Waals surface area (Å²) >= 11 is 0. The molecular weight excluding hydrogens is 182 g/mol. The maximum atomic E-state index is 4.13. The van der Waals surface area contributed by atoms with Gasteiger partial charge in [-0.15, -0.1) is 0 Å². The van der Waals surface area contributed by atoms with Gasteiger partial charge in [0.05, 0.1) is 0 Å². The van der Waals surface area contributed by atoms with E-state index in [4.69, 9.17) is 0 Å². The Morgan fingerprint density at radius 2 is 1.87 bits per heavy atom. The van der Waals surface area contributed by atoms with Crippen LogP contribution in [0.2, 0.25) is 0 Å². The van der Waals surface area contributed by atoms with Crippen LogP contribution in [0.1, 0.15) is 32.4 Å². The van der Waals surface area contributed by atoms with E-state index in [2.05, 4.69) is 61.9 Å². The van der Waals surface area contributed by atoms with Crippen LogP contribution in [-0.4, -0.2) is 10.9 Å². The Bertz CT molecular complexity index is 388. The summed E-state index contributed by atoms with van der Waals surface area (Å²) in [4.78, 5) is 2.20. The van der Waals surface area contributed by atoms with Gasteiger partial charge in [-0.2, -0.15) is 0 Å². The summed E-state index contributed by atoms with van der Waals surface area (Å²) in [5, 5.41) is 0. The quantitative estimate of drug-likeness (QED) is 0.664. The summed E-state index contributed by atoms with van der Waals surface area (Å²) in [6, 6.07) is 8.82. The second-order valence-corrected chi connectivity index (χ2v) is 3.85. The van der Waals surface area contributed by atoms with Gasteiger partial charge in [-0.3, -0.25) is 0 Å². The minimum atomic E-state index is 0. The second kappa shape index (κ2) is 4.35. The first-order chi connectivity index (χ1) is 6.70. The zero-order chi connectivity index (χ0) is 10.1. The van der Waals surface area contributed by atoms with Gasteiger partial charge in [0.2, 0.25) is 0 Å². The molecule has 1 aromatic carbocycles. The summed E-state index contributed by atoms with van der Waals surface area (Å²) in [5.74, 6) is 0. The van der Waals surface area contributed by atoms with Crippen molar-refractivity contribution in [3.05, 3.63) is 48.2 Å². The highest BCUT2D eigenvalue weighted by atomic mass is 15.1. The molecule has 1 aromatic rings. The molecule has 80 valence electrons. The zero-order valence-electron chi connectivity index (χ0n) is 8.70. The van der Waals surface area contributed by atoms with E-state index < -0.39 is 0 Å². The van der Waals surface area contributed by atoms with E-state index in [0.29, 0.717) is 6.04 Å². The first-order valence-corrected chi connectivity index (χ1v) is 4.95. The Kier molecular flexibility index (Phi) is 3.35. The molecule has 0 saturated carbocycles. The van der Waals surface area contributed by atoms with Gasteiger partial charge in [-0.1, -0.05) is 38.3 Å². The Balaban J connectivity index is 0.00000112. The average molecular weight is 201 g/mol. The third-order valence-corrected chi connectivity index (χ3v) is 2.55. The topological polar surface area (TPSA) is 3.24 Å². The van der Waals surface area contributed by atoms with E-state index in [9.17, 15) is 0 Å². The van der Waals surface area contributed by atoms with Gasteiger partial charge >= 0.3 is 0 Å². The number of nitrogens with zero attached hydrogens (tertiary/aromatic N) is 1. The molecule has 1 aliphatic rings. The zero-order valence-corrected chi connectivity index (χ0v) is 8.70. The van der Waals surface area contributed by atoms with Crippen LogP contribution in [0.4, 0.5) is 0 Å². The van der Waals surface area contributed by atoms with E-state index in [-0.39, 0.29) is 7.43 Å². The fraction of sp³-hybridized carbons (Fsp3) is 0.286. The fourth-order valence-corrected chi connectivity index (χ4v) is 1.78. The molecule has 1 nitrogen and oxygen atoms in total. The van der Waals surface area contributed by atoms with Gasteiger partial charge in [0.15, 0.2) is 0 Å². The number of rotatable bonds is 1. The van der Waals surface area contributed by atoms with Crippen molar-refractivity contribution in [3.8, 4) is 0 Å². The van der Waals surface area contributed by atoms with Crippen molar-refractivity contribution in [1.29, 1.82) is 0 Å². The molecule has 0 radical (unpaired) electrons. The predicted molar refractivity (Wildman–Crippen MR) is 68.2 cm³/mol. The molecule has 0 unspecified atom stereocenters. The van der Waals surface area contributed by atoms with Crippen LogP contribution in [0.5, 0.6) is 0 Å². The molecular formula is C14H19N. The van der Waals surface area contributed by atoms with Gasteiger partial charge in [-0.25, -0.2) is 0 Å². The normalized spacial score (nSPS) is 13.8. The number of hydrogen-bond donors (Lipinski definition) is 0. The van der Waals surface area contributed by atoms with Crippen molar-refractivity contribution >= 4 is 11.8 Å². The third-order valence-electron chi connectivity index (χ3n) is 2.55. The van der Waals surface area contributed by atoms with Crippen molar-refractivity contribution in [1.82, 2.24) is 4.90 Å². The van der Waals surface area contributed by atoms with Crippen LogP contribution in [0.3, 0.4) is 0 Å². The highest BCUT2D eigenvalue weighted by Gasteiger charge is 2.16. The summed E-state index contributed by atoms with van der Waals surface area (Å²) < 4.78 is 0. The molecule has 1 aliphatic heterocycles. The molecule has 0 aromatic heterocycles. The summed E-state index contributed by atoms with van der Waals surface area (Å²) in [7, 11) is 0. The van der Waals surface area contributed by atoms with E-state index in [0.717, 1.165) is 5.70 Å². The second-order valence-electron chi connectivity index (χ2n) is 3.85. The largest absolute Gasteiger partial charge is 0.345 e. The summed E-state index contributed by atoms with van der Waals surface area (Å²) in [6.07, 6.45) is 4.25. The Hall–Kier alpha value is -1.50. The van der Waals surface area contributed by atoms with Gasteiger partial charge in [0.1, 0.15) is 0 Å². The van der Waals surface area contributed by atoms with Crippen molar-refractivity contribution < 1.29 is 0 Å². The lowest BCUT2D eigenvalue weighted by Crippen LogP contribution is -2.25. The van der Waals surface area contributed by atoms with E-state index in [1.54, 1.807) is 0 Å². The number of fused-ring (bicyclic) bond motifs is 1. The predicted octanol–water partition coefficient (Wildman–Crippen LogP) is 3.99. The molecule has 0 aliphatic carbocycles. The van der Waals surface area contributed by atoms with E-state index in [1.165, 1.54) is 11.1 Å². The van der Waals surface area contributed by atoms with E-state index >= 15 is 0 Å². The molecule has 0 bridgehead atoms. The monoisotopic (exact) mass is 201 g/mol. The lowest BCUT2D eigenvalue weighted by atomic mass is 10.0. The summed E-state index contributed by atoms with van der Waals surface area (Å²) in [6.45, 7) is 8.47. The standard InChI is InChI=1S/C13H15N.CH4/c1-10(2)14-9-8-12-6-4-5-7-13(12)11(14)3;/h4-10H,3H2,1-2H3;1H4.